The second-order valence-corrected chi connectivity index (χ2v) is 4.37. The third kappa shape index (κ3) is 3.33. The Bertz CT molecular complexity index is 612. The zero-order chi connectivity index (χ0) is 14.5. The predicted octanol–water partition coefficient (Wildman–Crippen LogP) is 2.32. The highest BCUT2D eigenvalue weighted by molar-refractivity contribution is 5.93. The van der Waals surface area contributed by atoms with Gasteiger partial charge in [0.1, 0.15) is 18.2 Å². The highest BCUT2D eigenvalue weighted by Gasteiger charge is 2.04. The van der Waals surface area contributed by atoms with Crippen LogP contribution in [0.1, 0.15) is 21.5 Å². The van der Waals surface area contributed by atoms with E-state index in [0.717, 1.165) is 5.56 Å². The minimum Gasteiger partial charge on any atom is -0.489 e. The first kappa shape index (κ1) is 14.0. The topological polar surface area (TPSA) is 64.3 Å². The van der Waals surface area contributed by atoms with Gasteiger partial charge in [0.05, 0.1) is 0 Å². The van der Waals surface area contributed by atoms with E-state index in [9.17, 15) is 9.18 Å². The molecule has 20 heavy (non-hydrogen) atoms. The molecule has 1 amide bonds. The number of carbonyl (C=O) groups excluding carboxylic acids is 1. The summed E-state index contributed by atoms with van der Waals surface area (Å²) in [7, 11) is 0. The summed E-state index contributed by atoms with van der Waals surface area (Å²) in [5, 5.41) is 0. The number of nitrogen functional groups attached to an aromatic ring is 1. The van der Waals surface area contributed by atoms with E-state index in [0.29, 0.717) is 23.5 Å². The Balaban J connectivity index is 2.00. The van der Waals surface area contributed by atoms with E-state index >= 15 is 0 Å². The standard InChI is InChI=1S/C15H15FN2O2/c1-10-2-7-13(8-14(10)16)20-9-11-3-5-12(6-4-11)15(19)18-17/h2-8H,9,17H2,1H3,(H,18,19). The van der Waals surface area contributed by atoms with E-state index in [1.165, 1.54) is 6.07 Å². The van der Waals surface area contributed by atoms with Crippen LogP contribution in [0, 0.1) is 12.7 Å². The Hall–Kier alpha value is -2.40. The summed E-state index contributed by atoms with van der Waals surface area (Å²) in [6.07, 6.45) is 0. The molecule has 2 aromatic rings. The van der Waals surface area contributed by atoms with E-state index < -0.39 is 0 Å². The second-order valence-electron chi connectivity index (χ2n) is 4.37. The fourth-order valence-electron chi connectivity index (χ4n) is 1.67. The van der Waals surface area contributed by atoms with Crippen molar-refractivity contribution in [3.8, 4) is 5.75 Å². The average molecular weight is 274 g/mol. The minimum absolute atomic E-state index is 0.294. The molecular formula is C15H15FN2O2. The van der Waals surface area contributed by atoms with Crippen LogP contribution in [0.25, 0.3) is 0 Å². The van der Waals surface area contributed by atoms with Crippen LogP contribution in [0.5, 0.6) is 5.75 Å². The zero-order valence-electron chi connectivity index (χ0n) is 11.0. The van der Waals surface area contributed by atoms with Gasteiger partial charge in [-0.2, -0.15) is 0 Å². The molecule has 0 aliphatic carbocycles. The maximum absolute atomic E-state index is 13.3. The number of halogens is 1. The van der Waals surface area contributed by atoms with E-state index in [1.807, 2.05) is 0 Å². The van der Waals surface area contributed by atoms with Gasteiger partial charge in [-0.25, -0.2) is 10.2 Å². The van der Waals surface area contributed by atoms with E-state index in [4.69, 9.17) is 10.6 Å². The van der Waals surface area contributed by atoms with Crippen molar-refractivity contribution in [3.05, 3.63) is 65.0 Å². The van der Waals surface area contributed by atoms with Crippen molar-refractivity contribution in [3.63, 3.8) is 0 Å². The number of hydrogen-bond acceptors (Lipinski definition) is 3. The largest absolute Gasteiger partial charge is 0.489 e. The maximum Gasteiger partial charge on any atom is 0.265 e. The highest BCUT2D eigenvalue weighted by Crippen LogP contribution is 2.17. The number of benzene rings is 2. The van der Waals surface area contributed by atoms with Gasteiger partial charge in [-0.15, -0.1) is 0 Å². The SMILES string of the molecule is Cc1ccc(OCc2ccc(C(=O)NN)cc2)cc1F. The van der Waals surface area contributed by atoms with Crippen molar-refractivity contribution < 1.29 is 13.9 Å². The lowest BCUT2D eigenvalue weighted by Crippen LogP contribution is -2.29. The van der Waals surface area contributed by atoms with Crippen LogP contribution in [0.3, 0.4) is 0 Å². The summed E-state index contributed by atoms with van der Waals surface area (Å²) < 4.78 is 18.8. The lowest BCUT2D eigenvalue weighted by molar-refractivity contribution is 0.0953. The second kappa shape index (κ2) is 6.16. The molecule has 4 nitrogen and oxygen atoms in total. The summed E-state index contributed by atoms with van der Waals surface area (Å²) in [5.74, 6) is 4.87. The molecule has 0 aliphatic rings. The number of hydrazine groups is 1. The predicted molar refractivity (Wildman–Crippen MR) is 73.6 cm³/mol. The summed E-state index contributed by atoms with van der Waals surface area (Å²) in [6.45, 7) is 1.99. The van der Waals surface area contributed by atoms with Gasteiger partial charge in [0.15, 0.2) is 0 Å². The molecule has 2 aromatic carbocycles. The average Bonchev–Trinajstić information content (AvgIpc) is 2.48. The Kier molecular flexibility index (Phi) is 4.32. The van der Waals surface area contributed by atoms with E-state index in [1.54, 1.807) is 43.3 Å². The zero-order valence-corrected chi connectivity index (χ0v) is 11.0. The summed E-state index contributed by atoms with van der Waals surface area (Å²) in [6, 6.07) is 11.6. The first-order chi connectivity index (χ1) is 9.60. The molecule has 104 valence electrons. The Labute approximate surface area is 116 Å². The molecule has 0 saturated carbocycles. The molecule has 0 heterocycles. The number of aryl methyl sites for hydroxylation is 1. The molecule has 0 spiro atoms. The van der Waals surface area contributed by atoms with Gasteiger partial charge in [0, 0.05) is 11.6 Å². The lowest BCUT2D eigenvalue weighted by Gasteiger charge is -2.08. The maximum atomic E-state index is 13.3. The van der Waals surface area contributed by atoms with Crippen molar-refractivity contribution >= 4 is 5.91 Å². The minimum atomic E-state index is -0.349. The van der Waals surface area contributed by atoms with Crippen molar-refractivity contribution in [2.24, 2.45) is 5.84 Å². The van der Waals surface area contributed by atoms with Gasteiger partial charge in [0.25, 0.3) is 5.91 Å². The van der Waals surface area contributed by atoms with Crippen LogP contribution in [0.4, 0.5) is 4.39 Å². The van der Waals surface area contributed by atoms with Crippen LogP contribution in [0.2, 0.25) is 0 Å². The Morgan fingerprint density at radius 1 is 1.25 bits per heavy atom. The Morgan fingerprint density at radius 2 is 1.95 bits per heavy atom. The molecule has 0 radical (unpaired) electrons. The Morgan fingerprint density at radius 3 is 2.55 bits per heavy atom. The third-order valence-corrected chi connectivity index (χ3v) is 2.90. The van der Waals surface area contributed by atoms with Gasteiger partial charge < -0.3 is 4.74 Å². The van der Waals surface area contributed by atoms with Crippen LogP contribution >= 0.6 is 0 Å². The van der Waals surface area contributed by atoms with E-state index in [-0.39, 0.29) is 11.7 Å². The van der Waals surface area contributed by atoms with Crippen LogP contribution in [-0.4, -0.2) is 5.91 Å². The highest BCUT2D eigenvalue weighted by atomic mass is 19.1. The molecule has 0 unspecified atom stereocenters. The van der Waals surface area contributed by atoms with Crippen molar-refractivity contribution in [2.45, 2.75) is 13.5 Å². The number of nitrogens with one attached hydrogen (secondary N) is 1. The molecule has 0 atom stereocenters. The molecule has 0 bridgehead atoms. The monoisotopic (exact) mass is 274 g/mol. The van der Waals surface area contributed by atoms with Gasteiger partial charge in [0.2, 0.25) is 0 Å². The van der Waals surface area contributed by atoms with Gasteiger partial charge in [-0.05, 0) is 36.2 Å². The molecule has 5 heteroatoms. The first-order valence-electron chi connectivity index (χ1n) is 6.09. The van der Waals surface area contributed by atoms with Crippen LogP contribution in [-0.2, 0) is 6.61 Å². The van der Waals surface area contributed by atoms with Gasteiger partial charge in [-0.3, -0.25) is 10.2 Å². The number of rotatable bonds is 4. The number of amides is 1. The van der Waals surface area contributed by atoms with Crippen LogP contribution in [0.15, 0.2) is 42.5 Å². The van der Waals surface area contributed by atoms with Crippen molar-refractivity contribution in [1.29, 1.82) is 0 Å². The number of ether oxygens (including phenoxy) is 1. The third-order valence-electron chi connectivity index (χ3n) is 2.90. The summed E-state index contributed by atoms with van der Waals surface area (Å²) in [4.78, 5) is 11.3. The van der Waals surface area contributed by atoms with Gasteiger partial charge >= 0.3 is 0 Å². The molecule has 0 aromatic heterocycles. The molecule has 0 saturated heterocycles. The quantitative estimate of drug-likeness (QED) is 0.511. The number of nitrogens with two attached hydrogens (primary N) is 1. The van der Waals surface area contributed by atoms with Gasteiger partial charge in [-0.1, -0.05) is 18.2 Å². The number of hydrogen-bond donors (Lipinski definition) is 2. The van der Waals surface area contributed by atoms with Crippen molar-refractivity contribution in [2.75, 3.05) is 0 Å². The fourth-order valence-corrected chi connectivity index (χ4v) is 1.67. The molecule has 2 rings (SSSR count). The summed E-state index contributed by atoms with van der Waals surface area (Å²) in [5.41, 5.74) is 3.98. The molecule has 3 N–H and O–H groups in total. The summed E-state index contributed by atoms with van der Waals surface area (Å²) >= 11 is 0. The van der Waals surface area contributed by atoms with E-state index in [2.05, 4.69) is 5.43 Å². The first-order valence-corrected chi connectivity index (χ1v) is 6.09. The number of carbonyl (C=O) groups is 1. The smallest absolute Gasteiger partial charge is 0.265 e. The van der Waals surface area contributed by atoms with Crippen LogP contribution < -0.4 is 16.0 Å². The molecular weight excluding hydrogens is 259 g/mol. The molecule has 0 aliphatic heterocycles. The molecule has 0 fully saturated rings. The van der Waals surface area contributed by atoms with Crippen molar-refractivity contribution in [1.82, 2.24) is 5.43 Å². The fraction of sp³-hybridized carbons (Fsp3) is 0.133. The lowest BCUT2D eigenvalue weighted by atomic mass is 10.1. The normalized spacial score (nSPS) is 10.2.